The van der Waals surface area contributed by atoms with E-state index < -0.39 is 5.91 Å². The van der Waals surface area contributed by atoms with Gasteiger partial charge < -0.3 is 11.1 Å². The lowest BCUT2D eigenvalue weighted by Gasteiger charge is -2.07. The van der Waals surface area contributed by atoms with Crippen molar-refractivity contribution in [1.29, 1.82) is 0 Å². The molecule has 0 bridgehead atoms. The molecule has 0 spiro atoms. The quantitative estimate of drug-likeness (QED) is 0.793. The molecule has 24 heavy (non-hydrogen) atoms. The number of thiophene rings is 1. The summed E-state index contributed by atoms with van der Waals surface area (Å²) < 4.78 is 2.77. The number of primary amides is 1. The van der Waals surface area contributed by atoms with Crippen molar-refractivity contribution in [3.05, 3.63) is 31.9 Å². The predicted molar refractivity (Wildman–Crippen MR) is 97.5 cm³/mol. The molecule has 2 amide bonds. The normalized spacial score (nSPS) is 13.1. The number of carbonyl (C=O) groups excluding carboxylic acids is 2. The maximum absolute atomic E-state index is 12.3. The fourth-order valence-corrected chi connectivity index (χ4v) is 4.64. The van der Waals surface area contributed by atoms with E-state index in [9.17, 15) is 9.59 Å². The van der Waals surface area contributed by atoms with Crippen LogP contribution in [-0.4, -0.2) is 21.6 Å². The van der Waals surface area contributed by atoms with E-state index in [2.05, 4.69) is 26.3 Å². The van der Waals surface area contributed by atoms with Crippen LogP contribution in [0.25, 0.3) is 0 Å². The van der Waals surface area contributed by atoms with E-state index in [0.29, 0.717) is 17.1 Å². The Bertz CT molecular complexity index is 825. The number of carbonyl (C=O) groups is 2. The van der Waals surface area contributed by atoms with Gasteiger partial charge in [-0.2, -0.15) is 5.10 Å². The number of fused-ring (bicyclic) bond motifs is 1. The monoisotopic (exact) mass is 410 g/mol. The third kappa shape index (κ3) is 3.12. The van der Waals surface area contributed by atoms with Crippen LogP contribution in [0, 0.1) is 13.8 Å². The topological polar surface area (TPSA) is 90.0 Å². The maximum atomic E-state index is 12.3. The fraction of sp³-hybridized carbons (Fsp3) is 0.438. The van der Waals surface area contributed by atoms with Crippen LogP contribution in [0.5, 0.6) is 0 Å². The number of rotatable bonds is 5. The van der Waals surface area contributed by atoms with Crippen molar-refractivity contribution >= 4 is 44.1 Å². The molecule has 1 aliphatic carbocycles. The summed E-state index contributed by atoms with van der Waals surface area (Å²) in [6.07, 6.45) is 3.15. The molecule has 3 N–H and O–H groups in total. The summed E-state index contributed by atoms with van der Waals surface area (Å²) in [6.45, 7) is 4.36. The van der Waals surface area contributed by atoms with Gasteiger partial charge >= 0.3 is 0 Å². The van der Waals surface area contributed by atoms with E-state index >= 15 is 0 Å². The molecule has 0 atom stereocenters. The zero-order chi connectivity index (χ0) is 17.4. The number of nitrogens with two attached hydrogens (primary N) is 1. The van der Waals surface area contributed by atoms with Gasteiger partial charge in [-0.25, -0.2) is 0 Å². The van der Waals surface area contributed by atoms with E-state index in [1.54, 1.807) is 0 Å². The molecule has 3 rings (SSSR count). The fourth-order valence-electron chi connectivity index (χ4n) is 3.04. The minimum Gasteiger partial charge on any atom is -0.365 e. The smallest absolute Gasteiger partial charge is 0.251 e. The zero-order valence-corrected chi connectivity index (χ0v) is 16.0. The molecular weight excluding hydrogens is 392 g/mol. The molecule has 2 heterocycles. The van der Waals surface area contributed by atoms with E-state index in [0.717, 1.165) is 40.7 Å². The Morgan fingerprint density at radius 2 is 2.12 bits per heavy atom. The molecule has 2 aromatic rings. The second-order valence-electron chi connectivity index (χ2n) is 5.93. The molecule has 2 aromatic heterocycles. The van der Waals surface area contributed by atoms with E-state index in [4.69, 9.17) is 5.73 Å². The van der Waals surface area contributed by atoms with Gasteiger partial charge in [-0.3, -0.25) is 14.3 Å². The van der Waals surface area contributed by atoms with Crippen molar-refractivity contribution in [2.45, 2.75) is 46.1 Å². The van der Waals surface area contributed by atoms with Crippen molar-refractivity contribution in [2.24, 2.45) is 5.73 Å². The van der Waals surface area contributed by atoms with Crippen LogP contribution in [0.2, 0.25) is 0 Å². The minimum atomic E-state index is -0.466. The lowest BCUT2D eigenvalue weighted by atomic mass is 10.1. The lowest BCUT2D eigenvalue weighted by molar-refractivity contribution is -0.116. The van der Waals surface area contributed by atoms with Gasteiger partial charge in [0.05, 0.1) is 22.3 Å². The first-order chi connectivity index (χ1) is 11.4. The summed E-state index contributed by atoms with van der Waals surface area (Å²) in [5, 5.41) is 7.84. The number of anilines is 1. The maximum Gasteiger partial charge on any atom is 0.251 e. The first kappa shape index (κ1) is 17.2. The van der Waals surface area contributed by atoms with Gasteiger partial charge in [0, 0.05) is 17.0 Å². The Labute approximate surface area is 152 Å². The summed E-state index contributed by atoms with van der Waals surface area (Å²) in [6, 6.07) is 0. The largest absolute Gasteiger partial charge is 0.365 e. The van der Waals surface area contributed by atoms with Gasteiger partial charge in [-0.1, -0.05) is 0 Å². The van der Waals surface area contributed by atoms with Gasteiger partial charge in [0.25, 0.3) is 5.91 Å². The van der Waals surface area contributed by atoms with Crippen LogP contribution in [0.15, 0.2) is 4.47 Å². The first-order valence-corrected chi connectivity index (χ1v) is 9.43. The summed E-state index contributed by atoms with van der Waals surface area (Å²) >= 11 is 4.95. The SMILES string of the molecule is Cc1nn(CCC(=O)Nc2sc3c(c2C(N)=O)CCC3)c(C)c1Br. The summed E-state index contributed by atoms with van der Waals surface area (Å²) in [5.41, 5.74) is 8.92. The van der Waals surface area contributed by atoms with Crippen molar-refractivity contribution in [3.63, 3.8) is 0 Å². The second kappa shape index (κ2) is 6.68. The van der Waals surface area contributed by atoms with Crippen molar-refractivity contribution in [2.75, 3.05) is 5.32 Å². The molecule has 128 valence electrons. The third-order valence-corrected chi connectivity index (χ3v) is 6.62. The highest BCUT2D eigenvalue weighted by Gasteiger charge is 2.26. The molecule has 0 saturated heterocycles. The van der Waals surface area contributed by atoms with Crippen LogP contribution in [0.4, 0.5) is 5.00 Å². The predicted octanol–water partition coefficient (Wildman–Crippen LogP) is 2.94. The lowest BCUT2D eigenvalue weighted by Crippen LogP contribution is -2.19. The van der Waals surface area contributed by atoms with Gasteiger partial charge in [0.1, 0.15) is 5.00 Å². The molecule has 0 aliphatic heterocycles. The summed E-state index contributed by atoms with van der Waals surface area (Å²) in [5.74, 6) is -0.603. The summed E-state index contributed by atoms with van der Waals surface area (Å²) in [4.78, 5) is 25.2. The highest BCUT2D eigenvalue weighted by atomic mass is 79.9. The van der Waals surface area contributed by atoms with Crippen molar-refractivity contribution in [3.8, 4) is 0 Å². The van der Waals surface area contributed by atoms with Crippen LogP contribution in [0.3, 0.4) is 0 Å². The van der Waals surface area contributed by atoms with Gasteiger partial charge in [0.2, 0.25) is 5.91 Å². The number of hydrogen-bond acceptors (Lipinski definition) is 4. The Hall–Kier alpha value is -1.67. The van der Waals surface area contributed by atoms with Gasteiger partial charge in [-0.15, -0.1) is 11.3 Å². The minimum absolute atomic E-state index is 0.138. The zero-order valence-electron chi connectivity index (χ0n) is 13.6. The van der Waals surface area contributed by atoms with E-state index in [1.165, 1.54) is 16.2 Å². The van der Waals surface area contributed by atoms with Crippen LogP contribution >= 0.6 is 27.3 Å². The average Bonchev–Trinajstić information content (AvgIpc) is 3.15. The summed E-state index contributed by atoms with van der Waals surface area (Å²) in [7, 11) is 0. The highest BCUT2D eigenvalue weighted by molar-refractivity contribution is 9.10. The van der Waals surface area contributed by atoms with Crippen molar-refractivity contribution in [1.82, 2.24) is 9.78 Å². The standard InChI is InChI=1S/C16H19BrN4O2S/c1-8-14(17)9(2)21(20-8)7-6-12(22)19-16-13(15(18)23)10-4-3-5-11(10)24-16/h3-7H2,1-2H3,(H2,18,23)(H,19,22). The highest BCUT2D eigenvalue weighted by Crippen LogP contribution is 2.38. The number of amides is 2. The Kier molecular flexibility index (Phi) is 4.78. The molecule has 0 saturated carbocycles. The van der Waals surface area contributed by atoms with Gasteiger partial charge in [-0.05, 0) is 54.6 Å². The molecule has 6 nitrogen and oxygen atoms in total. The number of nitrogens with zero attached hydrogens (tertiary/aromatic N) is 2. The van der Waals surface area contributed by atoms with Crippen LogP contribution in [-0.2, 0) is 24.2 Å². The molecular formula is C16H19BrN4O2S. The molecule has 0 fully saturated rings. The van der Waals surface area contributed by atoms with Crippen molar-refractivity contribution < 1.29 is 9.59 Å². The molecule has 0 radical (unpaired) electrons. The molecule has 0 aromatic carbocycles. The number of aromatic nitrogens is 2. The molecule has 8 heteroatoms. The number of hydrogen-bond donors (Lipinski definition) is 2. The number of halogens is 1. The number of nitrogens with one attached hydrogen (secondary N) is 1. The Balaban J connectivity index is 1.69. The molecule has 0 unspecified atom stereocenters. The Morgan fingerprint density at radius 1 is 1.38 bits per heavy atom. The number of aryl methyl sites for hydroxylation is 3. The van der Waals surface area contributed by atoms with Gasteiger partial charge in [0.15, 0.2) is 0 Å². The van der Waals surface area contributed by atoms with Crippen LogP contribution < -0.4 is 11.1 Å². The van der Waals surface area contributed by atoms with E-state index in [-0.39, 0.29) is 12.3 Å². The van der Waals surface area contributed by atoms with Crippen LogP contribution in [0.1, 0.15) is 45.0 Å². The average molecular weight is 411 g/mol. The van der Waals surface area contributed by atoms with E-state index in [1.807, 2.05) is 18.5 Å². The third-order valence-electron chi connectivity index (χ3n) is 4.26. The first-order valence-electron chi connectivity index (χ1n) is 7.82. The Morgan fingerprint density at radius 3 is 2.75 bits per heavy atom. The molecule has 1 aliphatic rings. The second-order valence-corrected chi connectivity index (χ2v) is 7.83.